The maximum Gasteiger partial charge on any atom is 0.489 e. The molecule has 0 spiro atoms. The zero-order valence-corrected chi connectivity index (χ0v) is 22.4. The second kappa shape index (κ2) is 8.28. The average molecular weight is 514 g/mol. The molecule has 0 saturated heterocycles. The van der Waals surface area contributed by atoms with Gasteiger partial charge in [0.15, 0.2) is 0 Å². The molecule has 0 aromatic heterocycles. The molecule has 8 rings (SSSR count). The van der Waals surface area contributed by atoms with E-state index in [-0.39, 0.29) is 5.41 Å². The molecule has 1 aliphatic rings. The van der Waals surface area contributed by atoms with Gasteiger partial charge >= 0.3 is 7.12 Å². The van der Waals surface area contributed by atoms with Gasteiger partial charge in [-0.25, -0.2) is 0 Å². The van der Waals surface area contributed by atoms with Crippen LogP contribution in [0.15, 0.2) is 115 Å². The van der Waals surface area contributed by atoms with E-state index in [1.807, 2.05) is 36.4 Å². The number of rotatable bonds is 2. The van der Waals surface area contributed by atoms with Crippen molar-refractivity contribution in [2.45, 2.75) is 19.3 Å². The molecule has 3 heteroatoms. The number of hydrogen-bond donors (Lipinski definition) is 2. The summed E-state index contributed by atoms with van der Waals surface area (Å²) in [5.41, 5.74) is 8.01. The molecular weight excluding hydrogens is 487 g/mol. The molecule has 0 aliphatic heterocycles. The first-order chi connectivity index (χ1) is 19.5. The van der Waals surface area contributed by atoms with Crippen molar-refractivity contribution in [3.05, 3.63) is 126 Å². The van der Waals surface area contributed by atoms with Gasteiger partial charge in [-0.05, 0) is 81.9 Å². The van der Waals surface area contributed by atoms with Crippen molar-refractivity contribution in [3.63, 3.8) is 0 Å². The monoisotopic (exact) mass is 514 g/mol. The highest BCUT2D eigenvalue weighted by molar-refractivity contribution is 6.66. The van der Waals surface area contributed by atoms with E-state index in [1.165, 1.54) is 49.4 Å². The fourth-order valence-electron chi connectivity index (χ4n) is 7.40. The normalized spacial score (nSPS) is 13.7. The summed E-state index contributed by atoms with van der Waals surface area (Å²) >= 11 is 0. The summed E-state index contributed by atoms with van der Waals surface area (Å²) in [5.74, 6) is 0. The van der Waals surface area contributed by atoms with Gasteiger partial charge in [-0.15, -0.1) is 0 Å². The third-order valence-corrected chi connectivity index (χ3v) is 9.07. The summed E-state index contributed by atoms with van der Waals surface area (Å²) in [4.78, 5) is 0. The Labute approximate surface area is 233 Å². The van der Waals surface area contributed by atoms with Crippen molar-refractivity contribution >= 4 is 55.7 Å². The first kappa shape index (κ1) is 23.5. The lowest BCUT2D eigenvalue weighted by atomic mass is 9.66. The second-order valence-corrected chi connectivity index (χ2v) is 11.4. The molecule has 0 fully saturated rings. The average Bonchev–Trinajstić information content (AvgIpc) is 2.98. The molecule has 2 nitrogen and oxygen atoms in total. The van der Waals surface area contributed by atoms with E-state index in [0.29, 0.717) is 5.46 Å². The van der Waals surface area contributed by atoms with Crippen molar-refractivity contribution in [1.82, 2.24) is 0 Å². The molecule has 2 N–H and O–H groups in total. The van der Waals surface area contributed by atoms with Crippen LogP contribution in [0.3, 0.4) is 0 Å². The lowest BCUT2D eigenvalue weighted by molar-refractivity contribution is 0.426. The lowest BCUT2D eigenvalue weighted by Crippen LogP contribution is -2.31. The Morgan fingerprint density at radius 2 is 0.875 bits per heavy atom. The highest BCUT2D eigenvalue weighted by Crippen LogP contribution is 2.54. The van der Waals surface area contributed by atoms with Gasteiger partial charge in [-0.1, -0.05) is 129 Å². The third kappa shape index (κ3) is 2.97. The predicted molar refractivity (Wildman–Crippen MR) is 169 cm³/mol. The summed E-state index contributed by atoms with van der Waals surface area (Å²) in [6, 6.07) is 40.7. The van der Waals surface area contributed by atoms with Crippen molar-refractivity contribution in [2.24, 2.45) is 0 Å². The van der Waals surface area contributed by atoms with Gasteiger partial charge in [0.1, 0.15) is 0 Å². The first-order valence-electron chi connectivity index (χ1n) is 13.9. The van der Waals surface area contributed by atoms with E-state index in [4.69, 9.17) is 0 Å². The second-order valence-electron chi connectivity index (χ2n) is 11.4. The Balaban J connectivity index is 1.68. The quantitative estimate of drug-likeness (QED) is 0.182. The Hall–Kier alpha value is -4.44. The van der Waals surface area contributed by atoms with Crippen LogP contribution in [0.2, 0.25) is 0 Å². The molecule has 40 heavy (non-hydrogen) atoms. The Morgan fingerprint density at radius 3 is 1.48 bits per heavy atom. The molecule has 190 valence electrons. The first-order valence-corrected chi connectivity index (χ1v) is 13.9. The van der Waals surface area contributed by atoms with E-state index >= 15 is 0 Å². The van der Waals surface area contributed by atoms with E-state index in [9.17, 15) is 10.0 Å². The van der Waals surface area contributed by atoms with Crippen LogP contribution in [0, 0.1) is 0 Å². The van der Waals surface area contributed by atoms with Crippen LogP contribution in [0.4, 0.5) is 0 Å². The van der Waals surface area contributed by atoms with Crippen LogP contribution in [0.1, 0.15) is 25.0 Å². The van der Waals surface area contributed by atoms with E-state index in [0.717, 1.165) is 27.1 Å². The van der Waals surface area contributed by atoms with Gasteiger partial charge in [-0.3, -0.25) is 0 Å². The largest absolute Gasteiger partial charge is 0.489 e. The van der Waals surface area contributed by atoms with Crippen LogP contribution in [-0.4, -0.2) is 17.2 Å². The zero-order chi connectivity index (χ0) is 27.2. The van der Waals surface area contributed by atoms with Crippen molar-refractivity contribution in [3.8, 4) is 22.3 Å². The van der Waals surface area contributed by atoms with Gasteiger partial charge in [0.05, 0.1) is 0 Å². The van der Waals surface area contributed by atoms with E-state index in [2.05, 4.69) is 92.7 Å². The summed E-state index contributed by atoms with van der Waals surface area (Å²) < 4.78 is 0. The molecule has 7 aromatic carbocycles. The van der Waals surface area contributed by atoms with Gasteiger partial charge in [0.2, 0.25) is 0 Å². The van der Waals surface area contributed by atoms with Gasteiger partial charge in [0.25, 0.3) is 0 Å². The summed E-state index contributed by atoms with van der Waals surface area (Å²) in [6.45, 7) is 4.67. The van der Waals surface area contributed by atoms with Crippen LogP contribution >= 0.6 is 0 Å². The minimum Gasteiger partial charge on any atom is -0.423 e. The fourth-order valence-corrected chi connectivity index (χ4v) is 7.40. The van der Waals surface area contributed by atoms with E-state index in [1.54, 1.807) is 0 Å². The molecule has 0 saturated carbocycles. The molecule has 0 atom stereocenters. The summed E-state index contributed by atoms with van der Waals surface area (Å²) in [7, 11) is -1.57. The fraction of sp³-hybridized carbons (Fsp3) is 0.0811. The van der Waals surface area contributed by atoms with Crippen LogP contribution < -0.4 is 5.46 Å². The van der Waals surface area contributed by atoms with Gasteiger partial charge in [-0.2, -0.15) is 0 Å². The Kier molecular flexibility index (Phi) is 4.86. The van der Waals surface area contributed by atoms with Gasteiger partial charge in [0, 0.05) is 5.41 Å². The molecule has 0 radical (unpaired) electrons. The lowest BCUT2D eigenvalue weighted by Gasteiger charge is -2.36. The van der Waals surface area contributed by atoms with Crippen LogP contribution in [-0.2, 0) is 5.41 Å². The Bertz CT molecular complexity index is 2120. The SMILES string of the molecule is CC1(C)c2ccccc2-c2c3ccccc3c(-c3c4ccccc4c(B(O)O)c4ccccc34)c3cccc1c23. The van der Waals surface area contributed by atoms with Gasteiger partial charge < -0.3 is 10.0 Å². The minimum absolute atomic E-state index is 0.155. The summed E-state index contributed by atoms with van der Waals surface area (Å²) in [6.07, 6.45) is 0. The number of fused-ring (bicyclic) bond motifs is 6. The Morgan fingerprint density at radius 1 is 0.450 bits per heavy atom. The van der Waals surface area contributed by atoms with Crippen LogP contribution in [0.25, 0.3) is 65.3 Å². The molecule has 0 amide bonds. The molecule has 7 aromatic rings. The molecule has 1 aliphatic carbocycles. The smallest absolute Gasteiger partial charge is 0.423 e. The minimum atomic E-state index is -1.57. The highest BCUT2D eigenvalue weighted by atomic mass is 16.4. The number of hydrogen-bond acceptors (Lipinski definition) is 2. The standard InChI is InChI=1S/C37H27BO2/c1-37(2)30-20-10-9-18-28(30)33-22-12-3-4-13-23(22)34(29-19-11-21-31(37)35(29)33)32-24-14-5-7-16-26(24)36(38(39)40)27-17-8-6-15-25(27)32/h3-21,39-40H,1-2H3. The molecule has 0 heterocycles. The predicted octanol–water partition coefficient (Wildman–Crippen LogP) is 7.95. The molecular formula is C37H27BO2. The maximum absolute atomic E-state index is 10.5. The van der Waals surface area contributed by atoms with Crippen molar-refractivity contribution < 1.29 is 10.0 Å². The van der Waals surface area contributed by atoms with Crippen LogP contribution in [0.5, 0.6) is 0 Å². The summed E-state index contributed by atoms with van der Waals surface area (Å²) in [5, 5.41) is 29.8. The zero-order valence-electron chi connectivity index (χ0n) is 22.4. The third-order valence-electron chi connectivity index (χ3n) is 9.07. The van der Waals surface area contributed by atoms with Crippen molar-refractivity contribution in [1.29, 1.82) is 0 Å². The molecule has 0 bridgehead atoms. The topological polar surface area (TPSA) is 40.5 Å². The highest BCUT2D eigenvalue weighted by Gasteiger charge is 2.35. The number of benzene rings is 7. The maximum atomic E-state index is 10.5. The van der Waals surface area contributed by atoms with E-state index < -0.39 is 7.12 Å². The molecule has 0 unspecified atom stereocenters. The van der Waals surface area contributed by atoms with Crippen molar-refractivity contribution in [2.75, 3.05) is 0 Å².